The highest BCUT2D eigenvalue weighted by Crippen LogP contribution is 2.14. The van der Waals surface area contributed by atoms with Crippen molar-refractivity contribution in [2.75, 3.05) is 5.43 Å². The molecule has 0 spiro atoms. The van der Waals surface area contributed by atoms with E-state index >= 15 is 0 Å². The Morgan fingerprint density at radius 2 is 1.76 bits per heavy atom. The zero-order valence-electron chi connectivity index (χ0n) is 8.90. The Bertz CT molecular complexity index is 524. The average molecular weight is 265 g/mol. The number of rotatable bonds is 3. The molecule has 0 saturated carbocycles. The van der Waals surface area contributed by atoms with E-state index in [2.05, 4.69) is 10.5 Å². The number of anilines is 1. The lowest BCUT2D eigenvalue weighted by Crippen LogP contribution is -1.96. The summed E-state index contributed by atoms with van der Waals surface area (Å²) in [6.45, 7) is 0. The molecule has 0 bridgehead atoms. The Morgan fingerprint density at radius 1 is 1.00 bits per heavy atom. The molecule has 0 fully saturated rings. The Morgan fingerprint density at radius 3 is 2.47 bits per heavy atom. The van der Waals surface area contributed by atoms with Gasteiger partial charge in [-0.05, 0) is 24.3 Å². The van der Waals surface area contributed by atoms with Crippen LogP contribution < -0.4 is 5.43 Å². The molecule has 2 aromatic carbocycles. The van der Waals surface area contributed by atoms with E-state index in [0.717, 1.165) is 11.3 Å². The first kappa shape index (κ1) is 12.0. The summed E-state index contributed by atoms with van der Waals surface area (Å²) in [7, 11) is 0. The van der Waals surface area contributed by atoms with Crippen LogP contribution in [0.5, 0.6) is 0 Å². The second-order valence-corrected chi connectivity index (χ2v) is 4.19. The Hall–Kier alpha value is -1.51. The summed E-state index contributed by atoms with van der Waals surface area (Å²) >= 11 is 11.9. The summed E-state index contributed by atoms with van der Waals surface area (Å²) < 4.78 is 0. The Labute approximate surface area is 110 Å². The fourth-order valence-electron chi connectivity index (χ4n) is 1.31. The highest BCUT2D eigenvalue weighted by atomic mass is 35.5. The maximum absolute atomic E-state index is 6.06. The summed E-state index contributed by atoms with van der Waals surface area (Å²) in [6.07, 6.45) is 0. The van der Waals surface area contributed by atoms with Gasteiger partial charge < -0.3 is 0 Å². The van der Waals surface area contributed by atoms with Crippen LogP contribution in [0.4, 0.5) is 5.69 Å². The molecule has 2 rings (SSSR count). The largest absolute Gasteiger partial charge is 0.277 e. The summed E-state index contributed by atoms with van der Waals surface area (Å²) in [5.41, 5.74) is 4.54. The Kier molecular flexibility index (Phi) is 4.02. The van der Waals surface area contributed by atoms with Gasteiger partial charge in [0.25, 0.3) is 0 Å². The van der Waals surface area contributed by atoms with Crippen molar-refractivity contribution in [2.24, 2.45) is 5.10 Å². The normalized spacial score (nSPS) is 11.3. The number of nitrogens with zero attached hydrogens (tertiary/aromatic N) is 1. The van der Waals surface area contributed by atoms with Gasteiger partial charge in [-0.3, -0.25) is 5.43 Å². The first-order valence-electron chi connectivity index (χ1n) is 5.06. The molecule has 2 nitrogen and oxygen atoms in total. The number of hydrogen-bond donors (Lipinski definition) is 1. The van der Waals surface area contributed by atoms with Gasteiger partial charge in [0.1, 0.15) is 0 Å². The molecule has 4 heteroatoms. The van der Waals surface area contributed by atoms with Gasteiger partial charge in [-0.15, -0.1) is 0 Å². The molecule has 0 saturated heterocycles. The van der Waals surface area contributed by atoms with Gasteiger partial charge in [0.05, 0.1) is 5.69 Å². The molecule has 0 radical (unpaired) electrons. The second-order valence-electron chi connectivity index (χ2n) is 3.39. The van der Waals surface area contributed by atoms with Crippen LogP contribution >= 0.6 is 23.2 Å². The van der Waals surface area contributed by atoms with Crippen molar-refractivity contribution in [1.82, 2.24) is 0 Å². The second kappa shape index (κ2) is 5.71. The standard InChI is InChI=1S/C13H10Cl2N2/c14-11-6-4-5-10(9-11)13(15)17-16-12-7-2-1-3-8-12/h1-9,16H. The minimum absolute atomic E-state index is 0.372. The van der Waals surface area contributed by atoms with E-state index in [1.807, 2.05) is 42.5 Å². The number of para-hydroxylation sites is 1. The maximum atomic E-state index is 6.06. The lowest BCUT2D eigenvalue weighted by atomic mass is 10.2. The fraction of sp³-hybridized carbons (Fsp3) is 0. The minimum Gasteiger partial charge on any atom is -0.277 e. The van der Waals surface area contributed by atoms with Crippen LogP contribution in [0.25, 0.3) is 0 Å². The third kappa shape index (κ3) is 3.48. The van der Waals surface area contributed by atoms with Crippen molar-refractivity contribution in [2.45, 2.75) is 0 Å². The van der Waals surface area contributed by atoms with Gasteiger partial charge >= 0.3 is 0 Å². The van der Waals surface area contributed by atoms with E-state index < -0.39 is 0 Å². The van der Waals surface area contributed by atoms with Gasteiger partial charge in [0.15, 0.2) is 5.17 Å². The van der Waals surface area contributed by atoms with Gasteiger partial charge in [-0.1, -0.05) is 53.5 Å². The summed E-state index contributed by atoms with van der Waals surface area (Å²) in [6, 6.07) is 16.8. The molecular formula is C13H10Cl2N2. The molecule has 0 amide bonds. The first-order valence-corrected chi connectivity index (χ1v) is 5.81. The van der Waals surface area contributed by atoms with Crippen molar-refractivity contribution < 1.29 is 0 Å². The van der Waals surface area contributed by atoms with Crippen molar-refractivity contribution in [1.29, 1.82) is 0 Å². The van der Waals surface area contributed by atoms with Crippen molar-refractivity contribution >= 4 is 34.1 Å². The zero-order valence-corrected chi connectivity index (χ0v) is 10.4. The molecule has 1 N–H and O–H groups in total. The molecule has 0 aliphatic rings. The molecule has 0 unspecified atom stereocenters. The van der Waals surface area contributed by atoms with Crippen molar-refractivity contribution in [3.63, 3.8) is 0 Å². The summed E-state index contributed by atoms with van der Waals surface area (Å²) in [4.78, 5) is 0. The van der Waals surface area contributed by atoms with E-state index in [9.17, 15) is 0 Å². The van der Waals surface area contributed by atoms with Crippen LogP contribution in [0.1, 0.15) is 5.56 Å². The molecule has 86 valence electrons. The number of hydrazone groups is 1. The van der Waals surface area contributed by atoms with Crippen molar-refractivity contribution in [3.8, 4) is 0 Å². The van der Waals surface area contributed by atoms with Crippen LogP contribution in [0, 0.1) is 0 Å². The van der Waals surface area contributed by atoms with E-state index in [4.69, 9.17) is 23.2 Å². The smallest absolute Gasteiger partial charge is 0.156 e. The molecule has 2 aromatic rings. The average Bonchev–Trinajstić information content (AvgIpc) is 2.37. The van der Waals surface area contributed by atoms with Gasteiger partial charge in [0, 0.05) is 10.6 Å². The summed E-state index contributed by atoms with van der Waals surface area (Å²) in [5.74, 6) is 0. The first-order chi connectivity index (χ1) is 8.25. The predicted octanol–water partition coefficient (Wildman–Crippen LogP) is 4.35. The van der Waals surface area contributed by atoms with Crippen LogP contribution in [0.15, 0.2) is 59.7 Å². The molecule has 0 aromatic heterocycles. The number of hydrogen-bond acceptors (Lipinski definition) is 2. The van der Waals surface area contributed by atoms with Gasteiger partial charge in [-0.2, -0.15) is 5.10 Å². The van der Waals surface area contributed by atoms with E-state index in [1.165, 1.54) is 0 Å². The number of nitrogens with one attached hydrogen (secondary N) is 1. The van der Waals surface area contributed by atoms with Crippen molar-refractivity contribution in [3.05, 3.63) is 65.2 Å². The van der Waals surface area contributed by atoms with Gasteiger partial charge in [0.2, 0.25) is 0 Å². The predicted molar refractivity (Wildman–Crippen MR) is 73.9 cm³/mol. The Balaban J connectivity index is 2.12. The summed E-state index contributed by atoms with van der Waals surface area (Å²) in [5, 5.41) is 5.09. The molecule has 0 aliphatic heterocycles. The highest BCUT2D eigenvalue weighted by molar-refractivity contribution is 6.69. The lowest BCUT2D eigenvalue weighted by molar-refractivity contribution is 1.34. The molecular weight excluding hydrogens is 255 g/mol. The quantitative estimate of drug-likeness (QED) is 0.647. The van der Waals surface area contributed by atoms with E-state index in [-0.39, 0.29) is 0 Å². The molecule has 0 atom stereocenters. The third-order valence-electron chi connectivity index (χ3n) is 2.12. The SMILES string of the molecule is ClC(=NNc1ccccc1)c1cccc(Cl)c1. The van der Waals surface area contributed by atoms with Crippen LogP contribution in [-0.4, -0.2) is 5.17 Å². The molecule has 0 heterocycles. The van der Waals surface area contributed by atoms with Crippen LogP contribution in [-0.2, 0) is 0 Å². The topological polar surface area (TPSA) is 24.4 Å². The lowest BCUT2D eigenvalue weighted by Gasteiger charge is -2.02. The maximum Gasteiger partial charge on any atom is 0.156 e. The van der Waals surface area contributed by atoms with E-state index in [1.54, 1.807) is 12.1 Å². The van der Waals surface area contributed by atoms with E-state index in [0.29, 0.717) is 10.2 Å². The fourth-order valence-corrected chi connectivity index (χ4v) is 1.66. The van der Waals surface area contributed by atoms with Crippen LogP contribution in [0.2, 0.25) is 5.02 Å². The highest BCUT2D eigenvalue weighted by Gasteiger charge is 2.00. The third-order valence-corrected chi connectivity index (χ3v) is 2.66. The van der Waals surface area contributed by atoms with Crippen LogP contribution in [0.3, 0.4) is 0 Å². The number of halogens is 2. The van der Waals surface area contributed by atoms with Gasteiger partial charge in [-0.25, -0.2) is 0 Å². The zero-order chi connectivity index (χ0) is 12.1. The minimum atomic E-state index is 0.372. The number of benzene rings is 2. The monoisotopic (exact) mass is 264 g/mol. The molecule has 17 heavy (non-hydrogen) atoms. The molecule has 0 aliphatic carbocycles.